The summed E-state index contributed by atoms with van der Waals surface area (Å²) in [6, 6.07) is 7.75. The van der Waals surface area contributed by atoms with Crippen LogP contribution in [-0.4, -0.2) is 55.1 Å². The quantitative estimate of drug-likeness (QED) is 0.633. The lowest BCUT2D eigenvalue weighted by atomic mass is 10.1. The van der Waals surface area contributed by atoms with Crippen LogP contribution in [0.1, 0.15) is 38.8 Å². The maximum atomic E-state index is 12.5. The van der Waals surface area contributed by atoms with Crippen molar-refractivity contribution in [1.29, 1.82) is 0 Å². The lowest BCUT2D eigenvalue weighted by Crippen LogP contribution is -2.47. The Kier molecular flexibility index (Phi) is 7.85. The normalized spacial score (nSPS) is 15.8. The third-order valence-electron chi connectivity index (χ3n) is 4.99. The summed E-state index contributed by atoms with van der Waals surface area (Å²) in [6.45, 7) is 5.31. The van der Waals surface area contributed by atoms with E-state index in [0.717, 1.165) is 22.0 Å². The minimum absolute atomic E-state index is 0.00219. The van der Waals surface area contributed by atoms with Crippen molar-refractivity contribution in [2.24, 2.45) is 0 Å². The number of hydrogen-bond donors (Lipinski definition) is 1. The van der Waals surface area contributed by atoms with E-state index < -0.39 is 10.0 Å². The van der Waals surface area contributed by atoms with Gasteiger partial charge < -0.3 is 10.1 Å². The molecule has 9 heteroatoms. The SMILES string of the molecule is CCCS(=O)(=O)N1CCC(NC(=O)Cc2csc(-c3ccccc3OCC)n2)CC1. The van der Waals surface area contributed by atoms with Crippen molar-refractivity contribution in [2.75, 3.05) is 25.4 Å². The van der Waals surface area contributed by atoms with E-state index in [2.05, 4.69) is 10.3 Å². The predicted octanol–water partition coefficient (Wildman–Crippen LogP) is 3.07. The molecule has 2 heterocycles. The first-order valence-corrected chi connectivity index (χ1v) is 12.9. The van der Waals surface area contributed by atoms with Crippen LogP contribution < -0.4 is 10.1 Å². The number of nitrogens with zero attached hydrogens (tertiary/aromatic N) is 2. The number of amides is 1. The summed E-state index contributed by atoms with van der Waals surface area (Å²) in [5.74, 6) is 0.887. The molecule has 0 atom stereocenters. The van der Waals surface area contributed by atoms with Crippen LogP contribution in [0.4, 0.5) is 0 Å². The molecular weight excluding hydrogens is 422 g/mol. The van der Waals surface area contributed by atoms with Crippen molar-refractivity contribution in [3.05, 3.63) is 35.3 Å². The van der Waals surface area contributed by atoms with E-state index in [1.54, 1.807) is 4.31 Å². The second kappa shape index (κ2) is 10.4. The molecule has 1 aromatic heterocycles. The van der Waals surface area contributed by atoms with Crippen molar-refractivity contribution in [3.8, 4) is 16.3 Å². The summed E-state index contributed by atoms with van der Waals surface area (Å²) in [4.78, 5) is 17.1. The highest BCUT2D eigenvalue weighted by Gasteiger charge is 2.28. The zero-order chi connectivity index (χ0) is 21.6. The fourth-order valence-electron chi connectivity index (χ4n) is 3.55. The Bertz CT molecular complexity index is 951. The van der Waals surface area contributed by atoms with Gasteiger partial charge in [0.2, 0.25) is 15.9 Å². The minimum atomic E-state index is -3.16. The molecule has 0 spiro atoms. The maximum Gasteiger partial charge on any atom is 0.226 e. The second-order valence-electron chi connectivity index (χ2n) is 7.31. The minimum Gasteiger partial charge on any atom is -0.493 e. The molecule has 3 rings (SSSR count). The molecule has 1 aromatic carbocycles. The highest BCUT2D eigenvalue weighted by atomic mass is 32.2. The molecule has 0 bridgehead atoms. The van der Waals surface area contributed by atoms with E-state index in [4.69, 9.17) is 4.74 Å². The van der Waals surface area contributed by atoms with Crippen LogP contribution in [0.5, 0.6) is 5.75 Å². The summed E-state index contributed by atoms with van der Waals surface area (Å²) >= 11 is 1.49. The van der Waals surface area contributed by atoms with Crippen LogP contribution in [0.3, 0.4) is 0 Å². The van der Waals surface area contributed by atoms with Gasteiger partial charge in [0.1, 0.15) is 10.8 Å². The van der Waals surface area contributed by atoms with E-state index in [1.165, 1.54) is 11.3 Å². The molecule has 7 nitrogen and oxygen atoms in total. The lowest BCUT2D eigenvalue weighted by Gasteiger charge is -2.31. The fraction of sp³-hybridized carbons (Fsp3) is 0.524. The average molecular weight is 452 g/mol. The Hall–Kier alpha value is -1.97. The first-order valence-electron chi connectivity index (χ1n) is 10.4. The molecule has 1 N–H and O–H groups in total. The number of para-hydroxylation sites is 1. The van der Waals surface area contributed by atoms with Gasteiger partial charge in [-0.3, -0.25) is 4.79 Å². The summed E-state index contributed by atoms with van der Waals surface area (Å²) in [7, 11) is -3.16. The Morgan fingerprint density at radius 1 is 1.27 bits per heavy atom. The molecule has 1 fully saturated rings. The van der Waals surface area contributed by atoms with Crippen LogP contribution in [0.25, 0.3) is 10.6 Å². The number of carbonyl (C=O) groups excluding carboxylic acids is 1. The number of hydrogen-bond acceptors (Lipinski definition) is 6. The number of benzene rings is 1. The van der Waals surface area contributed by atoms with E-state index in [9.17, 15) is 13.2 Å². The van der Waals surface area contributed by atoms with Gasteiger partial charge in [-0.1, -0.05) is 19.1 Å². The summed E-state index contributed by atoms with van der Waals surface area (Å²) in [5, 5.41) is 5.76. The largest absolute Gasteiger partial charge is 0.493 e. The predicted molar refractivity (Wildman–Crippen MR) is 119 cm³/mol. The van der Waals surface area contributed by atoms with Gasteiger partial charge >= 0.3 is 0 Å². The van der Waals surface area contributed by atoms with Gasteiger partial charge in [-0.2, -0.15) is 0 Å². The monoisotopic (exact) mass is 451 g/mol. The van der Waals surface area contributed by atoms with Crippen LogP contribution in [0.2, 0.25) is 0 Å². The third-order valence-corrected chi connectivity index (χ3v) is 7.99. The second-order valence-corrected chi connectivity index (χ2v) is 10.3. The van der Waals surface area contributed by atoms with Crippen molar-refractivity contribution in [3.63, 3.8) is 0 Å². The Balaban J connectivity index is 1.53. The van der Waals surface area contributed by atoms with Gasteiger partial charge in [0, 0.05) is 24.5 Å². The first-order chi connectivity index (χ1) is 14.4. The third kappa shape index (κ3) is 5.80. The van der Waals surface area contributed by atoms with Crippen LogP contribution in [-0.2, 0) is 21.2 Å². The number of sulfonamides is 1. The summed E-state index contributed by atoms with van der Waals surface area (Å²) < 4.78 is 31.5. The molecule has 0 aliphatic carbocycles. The standard InChI is InChI=1S/C21H29N3O4S2/c1-3-13-30(26,27)24-11-9-16(10-12-24)22-20(25)14-17-15-29-21(23-17)18-7-5-6-8-19(18)28-4-2/h5-8,15-16H,3-4,9-14H2,1-2H3,(H,22,25). The molecular formula is C21H29N3O4S2. The summed E-state index contributed by atoms with van der Waals surface area (Å²) in [5.41, 5.74) is 1.65. The average Bonchev–Trinajstić information content (AvgIpc) is 3.17. The van der Waals surface area contributed by atoms with Crippen LogP contribution in [0, 0.1) is 0 Å². The summed E-state index contributed by atoms with van der Waals surface area (Å²) in [6.07, 6.45) is 2.10. The Labute approximate surface area is 182 Å². The number of piperidine rings is 1. The number of aromatic nitrogens is 1. The van der Waals surface area contributed by atoms with Gasteiger partial charge in [0.05, 0.1) is 30.0 Å². The number of ether oxygens (including phenoxy) is 1. The number of rotatable bonds is 9. The van der Waals surface area contributed by atoms with Crippen molar-refractivity contribution < 1.29 is 17.9 Å². The molecule has 1 saturated heterocycles. The molecule has 0 radical (unpaired) electrons. The molecule has 0 saturated carbocycles. The number of nitrogens with one attached hydrogen (secondary N) is 1. The van der Waals surface area contributed by atoms with Crippen molar-refractivity contribution >= 4 is 27.3 Å². The highest BCUT2D eigenvalue weighted by molar-refractivity contribution is 7.89. The van der Waals surface area contributed by atoms with Crippen molar-refractivity contribution in [1.82, 2.24) is 14.6 Å². The smallest absolute Gasteiger partial charge is 0.226 e. The van der Waals surface area contributed by atoms with E-state index in [1.807, 2.05) is 43.5 Å². The molecule has 1 aliphatic rings. The van der Waals surface area contributed by atoms with Crippen LogP contribution in [0.15, 0.2) is 29.6 Å². The highest BCUT2D eigenvalue weighted by Crippen LogP contribution is 2.32. The lowest BCUT2D eigenvalue weighted by molar-refractivity contribution is -0.121. The molecule has 0 unspecified atom stereocenters. The van der Waals surface area contributed by atoms with Gasteiger partial charge in [-0.05, 0) is 38.3 Å². The molecule has 1 amide bonds. The van der Waals surface area contributed by atoms with Crippen molar-refractivity contribution in [2.45, 2.75) is 45.6 Å². The fourth-order valence-corrected chi connectivity index (χ4v) is 5.94. The van der Waals surface area contributed by atoms with Gasteiger partial charge in [0.25, 0.3) is 0 Å². The Morgan fingerprint density at radius 3 is 2.70 bits per heavy atom. The molecule has 2 aromatic rings. The van der Waals surface area contributed by atoms with E-state index in [-0.39, 0.29) is 24.1 Å². The Morgan fingerprint density at radius 2 is 2.00 bits per heavy atom. The first kappa shape index (κ1) is 22.7. The molecule has 1 aliphatic heterocycles. The maximum absolute atomic E-state index is 12.5. The van der Waals surface area contributed by atoms with E-state index in [0.29, 0.717) is 39.0 Å². The van der Waals surface area contributed by atoms with Gasteiger partial charge in [-0.15, -0.1) is 11.3 Å². The van der Waals surface area contributed by atoms with Crippen LogP contribution >= 0.6 is 11.3 Å². The number of carbonyl (C=O) groups is 1. The van der Waals surface area contributed by atoms with Gasteiger partial charge in [-0.25, -0.2) is 17.7 Å². The zero-order valence-corrected chi connectivity index (χ0v) is 19.1. The van der Waals surface area contributed by atoms with E-state index >= 15 is 0 Å². The number of thiazole rings is 1. The molecule has 30 heavy (non-hydrogen) atoms. The zero-order valence-electron chi connectivity index (χ0n) is 17.5. The van der Waals surface area contributed by atoms with Gasteiger partial charge in [0.15, 0.2) is 0 Å². The topological polar surface area (TPSA) is 88.6 Å². The molecule has 164 valence electrons.